The maximum Gasteiger partial charge on any atom is 0.102 e. The van der Waals surface area contributed by atoms with E-state index in [0.717, 1.165) is 16.3 Å². The molecule has 1 fully saturated rings. The van der Waals surface area contributed by atoms with E-state index in [9.17, 15) is 0 Å². The summed E-state index contributed by atoms with van der Waals surface area (Å²) >= 11 is 7.68. The fourth-order valence-electron chi connectivity index (χ4n) is 2.06. The summed E-state index contributed by atoms with van der Waals surface area (Å²) in [5.41, 5.74) is 2.07. The zero-order chi connectivity index (χ0) is 13.7. The van der Waals surface area contributed by atoms with Crippen molar-refractivity contribution in [1.82, 2.24) is 8.61 Å². The van der Waals surface area contributed by atoms with E-state index in [2.05, 4.69) is 13.6 Å². The highest BCUT2D eigenvalue weighted by atomic mass is 35.5. The highest BCUT2D eigenvalue weighted by Crippen LogP contribution is 2.23. The molecule has 1 aromatic carbocycles. The average molecular weight is 298 g/mol. The Hall–Kier alpha value is -0.710. The van der Waals surface area contributed by atoms with Gasteiger partial charge in [-0.05, 0) is 43.5 Å². The van der Waals surface area contributed by atoms with Gasteiger partial charge in [0, 0.05) is 37.3 Å². The van der Waals surface area contributed by atoms with Crippen LogP contribution in [0.2, 0.25) is 5.02 Å². The molecule has 104 valence electrons. The normalized spacial score (nSPS) is 17.0. The van der Waals surface area contributed by atoms with E-state index in [-0.39, 0.29) is 0 Å². The van der Waals surface area contributed by atoms with Crippen molar-refractivity contribution in [2.24, 2.45) is 4.99 Å². The first kappa shape index (κ1) is 14.7. The summed E-state index contributed by atoms with van der Waals surface area (Å²) in [4.78, 5) is 4.51. The van der Waals surface area contributed by atoms with Crippen molar-refractivity contribution in [3.63, 3.8) is 0 Å². The van der Waals surface area contributed by atoms with Gasteiger partial charge in [-0.2, -0.15) is 0 Å². The molecule has 1 aromatic rings. The minimum atomic E-state index is 0.757. The third-order valence-electron chi connectivity index (χ3n) is 3.08. The third kappa shape index (κ3) is 4.71. The van der Waals surface area contributed by atoms with Crippen LogP contribution in [0.5, 0.6) is 0 Å². The molecule has 1 aliphatic rings. The lowest BCUT2D eigenvalue weighted by Crippen LogP contribution is -2.27. The minimum Gasteiger partial charge on any atom is -0.297 e. The van der Waals surface area contributed by atoms with Crippen molar-refractivity contribution in [2.45, 2.75) is 26.2 Å². The van der Waals surface area contributed by atoms with Crippen LogP contribution in [0.3, 0.4) is 0 Å². The molecule has 0 saturated carbocycles. The van der Waals surface area contributed by atoms with Gasteiger partial charge in [-0.25, -0.2) is 9.30 Å². The van der Waals surface area contributed by atoms with Gasteiger partial charge < -0.3 is 0 Å². The van der Waals surface area contributed by atoms with Gasteiger partial charge in [-0.3, -0.25) is 4.31 Å². The van der Waals surface area contributed by atoms with E-state index in [1.165, 1.54) is 32.4 Å². The van der Waals surface area contributed by atoms with Gasteiger partial charge in [-0.1, -0.05) is 18.0 Å². The fourth-order valence-corrected chi connectivity index (χ4v) is 3.16. The predicted molar refractivity (Wildman–Crippen MR) is 85.1 cm³/mol. The zero-order valence-electron chi connectivity index (χ0n) is 11.5. The lowest BCUT2D eigenvalue weighted by molar-refractivity contribution is 0.374. The van der Waals surface area contributed by atoms with E-state index in [4.69, 9.17) is 11.6 Å². The highest BCUT2D eigenvalue weighted by Gasteiger charge is 2.11. The standard InChI is InChI=1S/C14H20ClN3S/c1-12-10-13(15)6-7-14(12)16-11-17(2)19-18-8-4-3-5-9-18/h6-7,10-11H,3-5,8-9H2,1-2H3/b16-11+. The molecule has 0 aromatic heterocycles. The molecule has 1 aliphatic heterocycles. The molecule has 0 unspecified atom stereocenters. The van der Waals surface area contributed by atoms with Crippen LogP contribution < -0.4 is 0 Å². The van der Waals surface area contributed by atoms with Crippen molar-refractivity contribution >= 4 is 35.8 Å². The second-order valence-electron chi connectivity index (χ2n) is 4.79. The highest BCUT2D eigenvalue weighted by molar-refractivity contribution is 7.95. The van der Waals surface area contributed by atoms with Gasteiger partial charge in [0.25, 0.3) is 0 Å². The SMILES string of the molecule is Cc1cc(Cl)ccc1/N=C/N(C)SN1CCCCC1. The van der Waals surface area contributed by atoms with E-state index in [0.29, 0.717) is 0 Å². The number of aliphatic imine (C=N–C) groups is 1. The molecule has 0 radical (unpaired) electrons. The summed E-state index contributed by atoms with van der Waals surface area (Å²) in [6.07, 6.45) is 5.83. The molecule has 0 spiro atoms. The molecule has 0 bridgehead atoms. The van der Waals surface area contributed by atoms with Gasteiger partial charge >= 0.3 is 0 Å². The van der Waals surface area contributed by atoms with Gasteiger partial charge in [-0.15, -0.1) is 0 Å². The maximum atomic E-state index is 5.94. The molecule has 1 heterocycles. The Morgan fingerprint density at radius 3 is 2.74 bits per heavy atom. The van der Waals surface area contributed by atoms with Crippen LogP contribution in [0.4, 0.5) is 5.69 Å². The number of hydrogen-bond donors (Lipinski definition) is 0. The van der Waals surface area contributed by atoms with Crippen molar-refractivity contribution in [3.8, 4) is 0 Å². The predicted octanol–water partition coefficient (Wildman–Crippen LogP) is 4.29. The van der Waals surface area contributed by atoms with Crippen molar-refractivity contribution in [3.05, 3.63) is 28.8 Å². The maximum absolute atomic E-state index is 5.94. The fraction of sp³-hybridized carbons (Fsp3) is 0.500. The monoisotopic (exact) mass is 297 g/mol. The summed E-state index contributed by atoms with van der Waals surface area (Å²) in [7, 11) is 2.04. The number of hydrogen-bond acceptors (Lipinski definition) is 3. The summed E-state index contributed by atoms with van der Waals surface area (Å²) < 4.78 is 4.45. The van der Waals surface area contributed by atoms with Gasteiger partial charge in [0.2, 0.25) is 0 Å². The van der Waals surface area contributed by atoms with Crippen molar-refractivity contribution in [2.75, 3.05) is 20.1 Å². The van der Waals surface area contributed by atoms with E-state index in [1.54, 1.807) is 12.1 Å². The van der Waals surface area contributed by atoms with Gasteiger partial charge in [0.1, 0.15) is 6.34 Å². The van der Waals surface area contributed by atoms with Crippen LogP contribution in [0.15, 0.2) is 23.2 Å². The molecule has 3 nitrogen and oxygen atoms in total. The van der Waals surface area contributed by atoms with Crippen LogP contribution in [0, 0.1) is 6.92 Å². The molecule has 0 aliphatic carbocycles. The summed E-state index contributed by atoms with van der Waals surface area (Å²) in [5.74, 6) is 0. The second-order valence-corrected chi connectivity index (χ2v) is 6.48. The number of nitrogens with zero attached hydrogens (tertiary/aromatic N) is 3. The summed E-state index contributed by atoms with van der Waals surface area (Å²) in [6.45, 7) is 4.36. The Morgan fingerprint density at radius 2 is 2.05 bits per heavy atom. The first-order valence-electron chi connectivity index (χ1n) is 6.61. The van der Waals surface area contributed by atoms with E-state index in [1.807, 2.05) is 38.5 Å². The van der Waals surface area contributed by atoms with Crippen molar-refractivity contribution in [1.29, 1.82) is 0 Å². The second kappa shape index (κ2) is 7.17. The molecular formula is C14H20ClN3S. The topological polar surface area (TPSA) is 18.8 Å². The minimum absolute atomic E-state index is 0.757. The number of piperidine rings is 1. The van der Waals surface area contributed by atoms with E-state index >= 15 is 0 Å². The Labute approximate surface area is 124 Å². The average Bonchev–Trinajstić information content (AvgIpc) is 2.39. The smallest absolute Gasteiger partial charge is 0.102 e. The van der Waals surface area contributed by atoms with Gasteiger partial charge in [0.05, 0.1) is 5.69 Å². The quantitative estimate of drug-likeness (QED) is 0.469. The molecule has 2 rings (SSSR count). The lowest BCUT2D eigenvalue weighted by atomic mass is 10.2. The number of benzene rings is 1. The first-order chi connectivity index (χ1) is 9.15. The number of halogens is 1. The van der Waals surface area contributed by atoms with Crippen LogP contribution in [-0.4, -0.2) is 35.1 Å². The third-order valence-corrected chi connectivity index (χ3v) is 4.26. The Morgan fingerprint density at radius 1 is 1.32 bits per heavy atom. The number of rotatable bonds is 4. The molecule has 1 saturated heterocycles. The molecule has 0 N–H and O–H groups in total. The van der Waals surface area contributed by atoms with E-state index < -0.39 is 0 Å². The summed E-state index contributed by atoms with van der Waals surface area (Å²) in [5, 5.41) is 0.757. The zero-order valence-corrected chi connectivity index (χ0v) is 13.0. The summed E-state index contributed by atoms with van der Waals surface area (Å²) in [6, 6.07) is 5.76. The van der Waals surface area contributed by atoms with Crippen molar-refractivity contribution < 1.29 is 0 Å². The molecule has 0 amide bonds. The molecule has 19 heavy (non-hydrogen) atoms. The van der Waals surface area contributed by atoms with Gasteiger partial charge in [0.15, 0.2) is 0 Å². The van der Waals surface area contributed by atoms with Crippen LogP contribution >= 0.6 is 23.7 Å². The molecule has 5 heteroatoms. The largest absolute Gasteiger partial charge is 0.297 e. The first-order valence-corrected chi connectivity index (χ1v) is 7.72. The van der Waals surface area contributed by atoms with Crippen LogP contribution in [0.25, 0.3) is 0 Å². The lowest BCUT2D eigenvalue weighted by Gasteiger charge is -2.27. The Kier molecular flexibility index (Phi) is 5.55. The Balaban J connectivity index is 1.89. The Bertz CT molecular complexity index is 444. The van der Waals surface area contributed by atoms with Crippen LogP contribution in [-0.2, 0) is 0 Å². The van der Waals surface area contributed by atoms with Crippen LogP contribution in [0.1, 0.15) is 24.8 Å². The number of aryl methyl sites for hydroxylation is 1. The molecule has 0 atom stereocenters. The molecular weight excluding hydrogens is 278 g/mol.